The Morgan fingerprint density at radius 2 is 2.00 bits per heavy atom. The van der Waals surface area contributed by atoms with Crippen LogP contribution in [0.3, 0.4) is 0 Å². The van der Waals surface area contributed by atoms with E-state index in [1.54, 1.807) is 0 Å². The molecule has 3 radical (unpaired) electrons. The van der Waals surface area contributed by atoms with E-state index in [2.05, 4.69) is 23.8 Å². The number of aliphatic hydroxyl groups is 2. The highest BCUT2D eigenvalue weighted by Crippen LogP contribution is 2.57. The first-order valence-corrected chi connectivity index (χ1v) is 10.9. The predicted molar refractivity (Wildman–Crippen MR) is 93.1 cm³/mol. The molecule has 0 aliphatic carbocycles. The van der Waals surface area contributed by atoms with Crippen LogP contribution in [0.2, 0.25) is 5.28 Å². The van der Waals surface area contributed by atoms with E-state index in [0.29, 0.717) is 0 Å². The molecular formula is C10H13BClN5O9P2-. The minimum absolute atomic E-state index is 0.0136. The summed E-state index contributed by atoms with van der Waals surface area (Å²) in [6.07, 6.45) is -4.35. The molecule has 1 aliphatic rings. The highest BCUT2D eigenvalue weighted by Gasteiger charge is 2.44. The number of nitrogens with zero attached hydrogens (tertiary/aromatic N) is 4. The van der Waals surface area contributed by atoms with E-state index in [-0.39, 0.29) is 22.3 Å². The number of hydrogen-bond acceptors (Lipinski definition) is 11. The van der Waals surface area contributed by atoms with Gasteiger partial charge in [0.1, 0.15) is 23.8 Å². The Hall–Kier alpha value is -1.12. The van der Waals surface area contributed by atoms with Gasteiger partial charge in [-0.1, -0.05) is 0 Å². The van der Waals surface area contributed by atoms with Gasteiger partial charge in [-0.25, -0.2) is 13.9 Å². The van der Waals surface area contributed by atoms with E-state index in [9.17, 15) is 19.3 Å². The molecule has 28 heavy (non-hydrogen) atoms. The first-order chi connectivity index (χ1) is 12.9. The standard InChI is InChI=1S/C10H13BClN5O9P2/c11-27(20,26-28(21,22)23)24-1-3-5(18)6(19)9(25-3)17-2-14-4-7(13)15-10(12)16-8(4)17/h2-3,5-6,9,18-19H,1H2,(H2,13,15,16)(H2,21,22,23)/q-1/t3-,5-,6-,9-,27-/m1/s1. The molecule has 0 saturated carbocycles. The lowest BCUT2D eigenvalue weighted by molar-refractivity contribution is -0.0479. The third kappa shape index (κ3) is 4.55. The lowest BCUT2D eigenvalue weighted by Crippen LogP contribution is -2.33. The zero-order valence-corrected chi connectivity index (χ0v) is 16.2. The molecule has 18 heteroatoms. The van der Waals surface area contributed by atoms with Gasteiger partial charge >= 0.3 is 7.82 Å². The molecular weight excluding hydrogens is 442 g/mol. The Bertz CT molecular complexity index is 988. The van der Waals surface area contributed by atoms with Crippen LogP contribution < -0.4 is 5.73 Å². The van der Waals surface area contributed by atoms with Crippen molar-refractivity contribution in [3.63, 3.8) is 0 Å². The normalized spacial score (nSPS) is 27.9. The number of nitrogens with two attached hydrogens (primary N) is 1. The smallest absolute Gasteiger partial charge is 0.443 e. The molecule has 1 saturated heterocycles. The highest BCUT2D eigenvalue weighted by atomic mass is 35.5. The van der Waals surface area contributed by atoms with Crippen molar-refractivity contribution in [1.82, 2.24) is 19.5 Å². The maximum absolute atomic E-state index is 11.7. The predicted octanol–water partition coefficient (Wildman–Crippen LogP) is -0.916. The number of nitrogen functional groups attached to an aromatic ring is 1. The monoisotopic (exact) mass is 455 g/mol. The van der Waals surface area contributed by atoms with Crippen LogP contribution in [0.5, 0.6) is 0 Å². The van der Waals surface area contributed by atoms with Gasteiger partial charge < -0.3 is 47.1 Å². The van der Waals surface area contributed by atoms with Gasteiger partial charge in [0, 0.05) is 0 Å². The molecule has 0 bridgehead atoms. The molecule has 0 spiro atoms. The van der Waals surface area contributed by atoms with Gasteiger partial charge in [0.15, 0.2) is 17.7 Å². The van der Waals surface area contributed by atoms with Crippen LogP contribution in [0.15, 0.2) is 6.33 Å². The summed E-state index contributed by atoms with van der Waals surface area (Å²) in [4.78, 5) is 29.0. The number of aliphatic hydroxyl groups excluding tert-OH is 2. The summed E-state index contributed by atoms with van der Waals surface area (Å²) in [7, 11) is -4.78. The van der Waals surface area contributed by atoms with E-state index in [0.717, 1.165) is 0 Å². The second kappa shape index (κ2) is 7.61. The summed E-state index contributed by atoms with van der Waals surface area (Å²) in [6, 6.07) is 0. The largest absolute Gasteiger partial charge is 0.474 e. The van der Waals surface area contributed by atoms with Gasteiger partial charge in [-0.05, 0) is 11.6 Å². The van der Waals surface area contributed by atoms with Crippen LogP contribution in [0.1, 0.15) is 6.23 Å². The van der Waals surface area contributed by atoms with Gasteiger partial charge in [-0.15, -0.1) is 0 Å². The van der Waals surface area contributed by atoms with Crippen LogP contribution in [0.25, 0.3) is 11.2 Å². The fourth-order valence-electron chi connectivity index (χ4n) is 2.54. The van der Waals surface area contributed by atoms with E-state index < -0.39 is 46.4 Å². The molecule has 3 heterocycles. The third-order valence-corrected chi connectivity index (χ3v) is 6.11. The maximum Gasteiger partial charge on any atom is 0.474 e. The average Bonchev–Trinajstić information content (AvgIpc) is 3.06. The van der Waals surface area contributed by atoms with Crippen molar-refractivity contribution < 1.29 is 42.7 Å². The number of ether oxygens (including phenoxy) is 1. The molecule has 0 amide bonds. The second-order valence-corrected chi connectivity index (χ2v) is 8.97. The van der Waals surface area contributed by atoms with E-state index in [1.807, 2.05) is 0 Å². The average molecular weight is 455 g/mol. The zero-order chi connectivity index (χ0) is 20.9. The first-order valence-electron chi connectivity index (χ1n) is 7.35. The van der Waals surface area contributed by atoms with Gasteiger partial charge in [0.05, 0.1) is 20.4 Å². The second-order valence-electron chi connectivity index (χ2n) is 5.66. The summed E-state index contributed by atoms with van der Waals surface area (Å²) >= 11 is 5.77. The molecule has 14 nitrogen and oxygen atoms in total. The highest BCUT2D eigenvalue weighted by molar-refractivity contribution is 7.83. The van der Waals surface area contributed by atoms with Gasteiger partial charge in [-0.2, -0.15) is 9.97 Å². The number of rotatable bonds is 6. The first kappa shape index (κ1) is 21.6. The quantitative estimate of drug-likeness (QED) is 0.203. The van der Waals surface area contributed by atoms with Gasteiger partial charge in [0.25, 0.3) is 0 Å². The van der Waals surface area contributed by atoms with Crippen LogP contribution in [0.4, 0.5) is 5.82 Å². The summed E-state index contributed by atoms with van der Waals surface area (Å²) in [5, 5.41) is 20.2. The van der Waals surface area contributed by atoms with Crippen molar-refractivity contribution in [2.24, 2.45) is 0 Å². The van der Waals surface area contributed by atoms with Crippen LogP contribution in [-0.4, -0.2) is 72.0 Å². The van der Waals surface area contributed by atoms with E-state index in [4.69, 9.17) is 39.4 Å². The van der Waals surface area contributed by atoms with Gasteiger partial charge in [0.2, 0.25) is 5.28 Å². The van der Waals surface area contributed by atoms with Crippen molar-refractivity contribution >= 4 is 51.4 Å². The summed E-state index contributed by atoms with van der Waals surface area (Å²) in [5.41, 5.74) is 5.99. The molecule has 0 aromatic carbocycles. The number of anilines is 1. The van der Waals surface area contributed by atoms with E-state index in [1.165, 1.54) is 10.9 Å². The SMILES string of the molecule is [B-][P@@](=O)(OC[C@H]1O[C@@H](n2cnc3c(N)nc(Cl)nc32)[C@H](O)[C@@H]1O)OP(=O)(O)O. The Labute approximate surface area is 162 Å². The third-order valence-electron chi connectivity index (χ3n) is 3.67. The van der Waals surface area contributed by atoms with Crippen molar-refractivity contribution in [3.8, 4) is 0 Å². The van der Waals surface area contributed by atoms with Crippen LogP contribution >= 0.6 is 26.9 Å². The molecule has 5 atom stereocenters. The van der Waals surface area contributed by atoms with Gasteiger partial charge in [-0.3, -0.25) is 4.57 Å². The number of aromatic nitrogens is 4. The molecule has 6 N–H and O–H groups in total. The number of fused-ring (bicyclic) bond motifs is 1. The minimum atomic E-state index is -5.18. The molecule has 1 fully saturated rings. The molecule has 2 aromatic heterocycles. The van der Waals surface area contributed by atoms with Crippen LogP contribution in [-0.2, 0) is 22.7 Å². The Kier molecular flexibility index (Phi) is 5.87. The zero-order valence-electron chi connectivity index (χ0n) is 13.6. The number of halogens is 1. The van der Waals surface area contributed by atoms with Crippen molar-refractivity contribution in [1.29, 1.82) is 0 Å². The molecule has 153 valence electrons. The number of phosphoric acid groups is 1. The maximum atomic E-state index is 11.7. The number of imidazole rings is 1. The topological polar surface area (TPSA) is 212 Å². The van der Waals surface area contributed by atoms with Crippen molar-refractivity contribution in [3.05, 3.63) is 11.6 Å². The summed E-state index contributed by atoms with van der Waals surface area (Å²) in [6.45, 7) is -0.715. The lowest BCUT2D eigenvalue weighted by Gasteiger charge is -2.28. The number of hydrogen-bond donors (Lipinski definition) is 5. The van der Waals surface area contributed by atoms with E-state index >= 15 is 0 Å². The Balaban J connectivity index is 1.78. The molecule has 1 aliphatic heterocycles. The Morgan fingerprint density at radius 3 is 2.64 bits per heavy atom. The molecule has 0 unspecified atom stereocenters. The molecule has 3 rings (SSSR count). The summed E-state index contributed by atoms with van der Waals surface area (Å²) in [5.74, 6) is -0.0136. The molecule has 2 aromatic rings. The minimum Gasteiger partial charge on any atom is -0.443 e. The van der Waals surface area contributed by atoms with Crippen molar-refractivity contribution in [2.45, 2.75) is 24.5 Å². The summed E-state index contributed by atoms with van der Waals surface area (Å²) < 4.78 is 37.6. The van der Waals surface area contributed by atoms with Crippen molar-refractivity contribution in [2.75, 3.05) is 12.3 Å². The van der Waals surface area contributed by atoms with Crippen LogP contribution in [0, 0.1) is 0 Å². The lowest BCUT2D eigenvalue weighted by atomic mass is 10.1. The fourth-order valence-corrected chi connectivity index (χ4v) is 4.44. The fraction of sp³-hybridized carbons (Fsp3) is 0.500. The Morgan fingerprint density at radius 1 is 1.32 bits per heavy atom.